The Labute approximate surface area is 276 Å². The first-order valence-electron chi connectivity index (χ1n) is 17.4. The molecule has 1 aromatic carbocycles. The minimum absolute atomic E-state index is 0.205. The summed E-state index contributed by atoms with van der Waals surface area (Å²) in [5.74, 6) is 1.16. The number of hydrogen-bond acceptors (Lipinski definition) is 8. The van der Waals surface area contributed by atoms with Crippen LogP contribution in [-0.4, -0.2) is 82.4 Å². The predicted octanol–water partition coefficient (Wildman–Crippen LogP) is 6.01. The number of carbonyl (C=O) groups is 1. The number of nitrogens with zero attached hydrogens (tertiary/aromatic N) is 6. The molecule has 0 unspecified atom stereocenters. The number of hydrogen-bond donors (Lipinski definition) is 1. The second-order valence-electron chi connectivity index (χ2n) is 14.1. The molecule has 4 aromatic rings. The molecule has 1 spiro atoms. The first-order valence-corrected chi connectivity index (χ1v) is 17.4. The fourth-order valence-corrected chi connectivity index (χ4v) is 7.93. The van der Waals surface area contributed by atoms with Gasteiger partial charge in [-0.15, -0.1) is 0 Å². The number of amides is 1. The summed E-state index contributed by atoms with van der Waals surface area (Å²) in [5.41, 5.74) is 7.41. The number of nitrogens with one attached hydrogen (secondary N) is 1. The van der Waals surface area contributed by atoms with Gasteiger partial charge < -0.3 is 18.9 Å². The first-order chi connectivity index (χ1) is 22.9. The Balaban J connectivity index is 1.04. The van der Waals surface area contributed by atoms with Gasteiger partial charge in [-0.3, -0.25) is 25.0 Å². The average Bonchev–Trinajstić information content (AvgIpc) is 3.39. The molecule has 10 heteroatoms. The Morgan fingerprint density at radius 3 is 2.49 bits per heavy atom. The lowest BCUT2D eigenvalue weighted by atomic mass is 9.71. The van der Waals surface area contributed by atoms with Crippen molar-refractivity contribution in [2.24, 2.45) is 5.41 Å². The van der Waals surface area contributed by atoms with Gasteiger partial charge in [0.25, 0.3) is 5.91 Å². The Morgan fingerprint density at radius 2 is 1.70 bits per heavy atom. The van der Waals surface area contributed by atoms with E-state index in [2.05, 4.69) is 42.9 Å². The molecule has 8 rings (SSSR count). The third-order valence-corrected chi connectivity index (χ3v) is 11.0. The molecule has 0 atom stereocenters. The van der Waals surface area contributed by atoms with Crippen molar-refractivity contribution in [2.75, 3.05) is 56.2 Å². The van der Waals surface area contributed by atoms with Crippen LogP contribution < -0.4 is 15.0 Å². The summed E-state index contributed by atoms with van der Waals surface area (Å²) in [5, 5.41) is 3.16. The number of fused-ring (bicyclic) bond motifs is 7. The van der Waals surface area contributed by atoms with E-state index in [0.717, 1.165) is 85.7 Å². The highest BCUT2D eigenvalue weighted by Crippen LogP contribution is 2.43. The molecule has 10 nitrogen and oxygen atoms in total. The molecule has 1 amide bonds. The summed E-state index contributed by atoms with van der Waals surface area (Å²) in [4.78, 5) is 33.1. The summed E-state index contributed by atoms with van der Waals surface area (Å²) < 4.78 is 14.0. The van der Waals surface area contributed by atoms with Gasteiger partial charge in [0, 0.05) is 54.5 Å². The SMILES string of the molecule is Cc1cc2cc(n1)-c1cncc(C)c1OCCCCCn1c(nc3ccc(N4CCC5(CC4)CCN(C4COC4)CC5)cc31)NC2=O. The number of rotatable bonds is 2. The molecule has 246 valence electrons. The average molecular weight is 636 g/mol. The zero-order valence-corrected chi connectivity index (χ0v) is 27.6. The third kappa shape index (κ3) is 5.97. The number of benzene rings is 1. The van der Waals surface area contributed by atoms with Crippen LogP contribution in [0, 0.1) is 19.3 Å². The Kier molecular flexibility index (Phi) is 8.09. The van der Waals surface area contributed by atoms with Crippen molar-refractivity contribution in [3.63, 3.8) is 0 Å². The van der Waals surface area contributed by atoms with E-state index < -0.39 is 0 Å². The zero-order chi connectivity index (χ0) is 32.0. The number of pyridine rings is 2. The Bertz CT molecular complexity index is 1780. The third-order valence-electron chi connectivity index (χ3n) is 11.0. The van der Waals surface area contributed by atoms with Crippen LogP contribution in [0.1, 0.15) is 66.6 Å². The van der Waals surface area contributed by atoms with Crippen molar-refractivity contribution < 1.29 is 14.3 Å². The Hall–Kier alpha value is -4.02. The van der Waals surface area contributed by atoms with Crippen LogP contribution >= 0.6 is 0 Å². The van der Waals surface area contributed by atoms with E-state index in [0.29, 0.717) is 35.3 Å². The van der Waals surface area contributed by atoms with Crippen molar-refractivity contribution in [1.29, 1.82) is 0 Å². The zero-order valence-electron chi connectivity index (χ0n) is 27.6. The number of aromatic nitrogens is 4. The summed E-state index contributed by atoms with van der Waals surface area (Å²) in [6.07, 6.45) is 11.6. The number of piperidine rings is 2. The van der Waals surface area contributed by atoms with Gasteiger partial charge in [-0.1, -0.05) is 0 Å². The molecule has 1 N–H and O–H groups in total. The second-order valence-corrected chi connectivity index (χ2v) is 14.1. The highest BCUT2D eigenvalue weighted by Gasteiger charge is 2.40. The molecule has 3 aromatic heterocycles. The van der Waals surface area contributed by atoms with E-state index in [1.807, 2.05) is 32.2 Å². The van der Waals surface area contributed by atoms with E-state index in [1.54, 1.807) is 6.20 Å². The quantitative estimate of drug-likeness (QED) is 0.286. The number of anilines is 2. The number of ether oxygens (including phenoxy) is 2. The maximum atomic E-state index is 13.8. The monoisotopic (exact) mass is 635 g/mol. The fraction of sp³-hybridized carbons (Fsp3) is 0.514. The molecular formula is C37H45N7O3. The van der Waals surface area contributed by atoms with E-state index in [9.17, 15) is 4.79 Å². The van der Waals surface area contributed by atoms with E-state index >= 15 is 0 Å². The lowest BCUT2D eigenvalue weighted by molar-refractivity contribution is -0.0834. The Morgan fingerprint density at radius 1 is 0.894 bits per heavy atom. The van der Waals surface area contributed by atoms with Gasteiger partial charge in [-0.2, -0.15) is 0 Å². The van der Waals surface area contributed by atoms with Gasteiger partial charge >= 0.3 is 0 Å². The normalized spacial score (nSPS) is 20.8. The highest BCUT2D eigenvalue weighted by atomic mass is 16.5. The van der Waals surface area contributed by atoms with Gasteiger partial charge in [-0.25, -0.2) is 4.98 Å². The molecule has 4 aliphatic heterocycles. The van der Waals surface area contributed by atoms with Crippen molar-refractivity contribution in [1.82, 2.24) is 24.4 Å². The first kappa shape index (κ1) is 30.3. The molecule has 2 bridgehead atoms. The van der Waals surface area contributed by atoms with Gasteiger partial charge in [0.05, 0.1) is 48.2 Å². The maximum absolute atomic E-state index is 13.8. The predicted molar refractivity (Wildman–Crippen MR) is 183 cm³/mol. The largest absolute Gasteiger partial charge is 0.492 e. The minimum atomic E-state index is -0.205. The van der Waals surface area contributed by atoms with Crippen molar-refractivity contribution in [2.45, 2.75) is 71.4 Å². The highest BCUT2D eigenvalue weighted by molar-refractivity contribution is 6.05. The second kappa shape index (κ2) is 12.5. The topological polar surface area (TPSA) is 97.6 Å². The molecular weight excluding hydrogens is 590 g/mol. The maximum Gasteiger partial charge on any atom is 0.258 e. The van der Waals surface area contributed by atoms with Crippen LogP contribution in [0.15, 0.2) is 42.7 Å². The standard InChI is InChI=1S/C37H45N7O3/c1-25-21-38-22-30-32-19-27(18-26(2)39-32)35(45)41-36-40-31-7-6-28(20-33(31)44(36)12-4-3-5-17-47-34(25)30)42-13-8-37(9-14-42)10-15-43(16-11-37)29-23-46-24-29/h6-7,18-22,29H,3-5,8-17,23-24H2,1-2H3,(H,40,41,45). The molecule has 3 fully saturated rings. The van der Waals surface area contributed by atoms with Crippen LogP contribution in [0.4, 0.5) is 11.6 Å². The molecule has 0 aliphatic carbocycles. The number of aryl methyl sites for hydroxylation is 3. The van der Waals surface area contributed by atoms with Gasteiger partial charge in [0.2, 0.25) is 5.95 Å². The minimum Gasteiger partial charge on any atom is -0.492 e. The van der Waals surface area contributed by atoms with Gasteiger partial charge in [-0.05, 0) is 108 Å². The lowest BCUT2D eigenvalue weighted by Crippen LogP contribution is -2.54. The van der Waals surface area contributed by atoms with Crippen molar-refractivity contribution >= 4 is 28.6 Å². The summed E-state index contributed by atoms with van der Waals surface area (Å²) >= 11 is 0. The van der Waals surface area contributed by atoms with Crippen LogP contribution in [-0.2, 0) is 11.3 Å². The van der Waals surface area contributed by atoms with E-state index in [4.69, 9.17) is 19.4 Å². The van der Waals surface area contributed by atoms with Crippen LogP contribution in [0.5, 0.6) is 5.75 Å². The summed E-state index contributed by atoms with van der Waals surface area (Å²) in [6.45, 7) is 11.7. The molecule has 3 saturated heterocycles. The van der Waals surface area contributed by atoms with Gasteiger partial charge in [0.15, 0.2) is 0 Å². The molecule has 0 radical (unpaired) electrons. The van der Waals surface area contributed by atoms with Crippen LogP contribution in [0.3, 0.4) is 0 Å². The molecule has 0 saturated carbocycles. The van der Waals surface area contributed by atoms with Gasteiger partial charge in [0.1, 0.15) is 5.75 Å². The van der Waals surface area contributed by atoms with E-state index in [-0.39, 0.29) is 5.91 Å². The van der Waals surface area contributed by atoms with E-state index in [1.165, 1.54) is 44.5 Å². The number of carbonyl (C=O) groups excluding carboxylic acids is 1. The summed E-state index contributed by atoms with van der Waals surface area (Å²) in [6, 6.07) is 10.9. The summed E-state index contributed by atoms with van der Waals surface area (Å²) in [7, 11) is 0. The molecule has 4 aliphatic rings. The number of imidazole rings is 1. The van der Waals surface area contributed by atoms with Crippen molar-refractivity contribution in [3.8, 4) is 17.0 Å². The van der Waals surface area contributed by atoms with Crippen LogP contribution in [0.2, 0.25) is 0 Å². The van der Waals surface area contributed by atoms with Crippen molar-refractivity contribution in [3.05, 3.63) is 59.5 Å². The fourth-order valence-electron chi connectivity index (χ4n) is 7.93. The number of likely N-dealkylation sites (tertiary alicyclic amines) is 1. The smallest absolute Gasteiger partial charge is 0.258 e. The lowest BCUT2D eigenvalue weighted by Gasteiger charge is -2.50. The van der Waals surface area contributed by atoms with Crippen LogP contribution in [0.25, 0.3) is 22.3 Å². The molecule has 47 heavy (non-hydrogen) atoms. The molecule has 7 heterocycles.